The lowest BCUT2D eigenvalue weighted by atomic mass is 9.96. The van der Waals surface area contributed by atoms with E-state index in [1.54, 1.807) is 13.0 Å². The standard InChI is InChI=1S/C15H16N2O3/c1-15(14(19)20,10-6-7-10)17-13(18)12-8-9-4-2-3-5-11(9)16-12/h2-5,8,10,16H,6-7H2,1H3,(H,17,18)(H,19,20)/t15-/m0/s1. The molecule has 1 amide bonds. The molecule has 1 atom stereocenters. The van der Waals surface area contributed by atoms with Gasteiger partial charge in [0.05, 0.1) is 0 Å². The molecule has 1 fully saturated rings. The maximum atomic E-state index is 12.3. The Bertz CT molecular complexity index is 654. The third-order valence-electron chi connectivity index (χ3n) is 3.99. The summed E-state index contributed by atoms with van der Waals surface area (Å²) in [5.41, 5.74) is 0.0643. The number of H-pyrrole nitrogens is 1. The van der Waals surface area contributed by atoms with Crippen molar-refractivity contribution < 1.29 is 14.7 Å². The number of carbonyl (C=O) groups is 2. The van der Waals surface area contributed by atoms with Gasteiger partial charge < -0.3 is 15.4 Å². The maximum absolute atomic E-state index is 12.3. The van der Waals surface area contributed by atoms with Gasteiger partial charge >= 0.3 is 5.97 Å². The first-order chi connectivity index (χ1) is 9.50. The van der Waals surface area contributed by atoms with Crippen molar-refractivity contribution in [3.8, 4) is 0 Å². The lowest BCUT2D eigenvalue weighted by Gasteiger charge is -2.25. The van der Waals surface area contributed by atoms with Gasteiger partial charge in [-0.25, -0.2) is 4.79 Å². The predicted molar refractivity (Wildman–Crippen MR) is 74.5 cm³/mol. The number of para-hydroxylation sites is 1. The third-order valence-corrected chi connectivity index (χ3v) is 3.99. The van der Waals surface area contributed by atoms with Gasteiger partial charge in [-0.2, -0.15) is 0 Å². The molecular formula is C15H16N2O3. The van der Waals surface area contributed by atoms with Gasteiger partial charge in [0.1, 0.15) is 11.2 Å². The number of nitrogens with one attached hydrogen (secondary N) is 2. The van der Waals surface area contributed by atoms with Crippen molar-refractivity contribution in [2.75, 3.05) is 0 Å². The van der Waals surface area contributed by atoms with Crippen molar-refractivity contribution in [3.63, 3.8) is 0 Å². The van der Waals surface area contributed by atoms with E-state index in [4.69, 9.17) is 0 Å². The van der Waals surface area contributed by atoms with E-state index in [-0.39, 0.29) is 11.8 Å². The van der Waals surface area contributed by atoms with Crippen LogP contribution in [0.25, 0.3) is 10.9 Å². The molecule has 1 aliphatic rings. The van der Waals surface area contributed by atoms with Crippen molar-refractivity contribution in [1.29, 1.82) is 0 Å². The van der Waals surface area contributed by atoms with Crippen LogP contribution < -0.4 is 5.32 Å². The Hall–Kier alpha value is -2.30. The van der Waals surface area contributed by atoms with E-state index < -0.39 is 11.5 Å². The van der Waals surface area contributed by atoms with E-state index >= 15 is 0 Å². The molecule has 1 aliphatic carbocycles. The zero-order chi connectivity index (χ0) is 14.3. The highest BCUT2D eigenvalue weighted by Gasteiger charge is 2.48. The molecule has 5 nitrogen and oxygen atoms in total. The molecule has 1 heterocycles. The Morgan fingerprint density at radius 2 is 2.05 bits per heavy atom. The van der Waals surface area contributed by atoms with Crippen LogP contribution in [-0.4, -0.2) is 27.5 Å². The summed E-state index contributed by atoms with van der Waals surface area (Å²) in [5.74, 6) is -1.34. The summed E-state index contributed by atoms with van der Waals surface area (Å²) in [4.78, 5) is 26.7. The molecule has 1 aromatic heterocycles. The van der Waals surface area contributed by atoms with Crippen LogP contribution in [0.1, 0.15) is 30.3 Å². The van der Waals surface area contributed by atoms with Crippen LogP contribution >= 0.6 is 0 Å². The van der Waals surface area contributed by atoms with E-state index in [1.165, 1.54) is 0 Å². The van der Waals surface area contributed by atoms with Gasteiger partial charge in [0.25, 0.3) is 5.91 Å². The number of hydrogen-bond donors (Lipinski definition) is 3. The average Bonchev–Trinajstić information content (AvgIpc) is 3.17. The predicted octanol–water partition coefficient (Wildman–Crippen LogP) is 2.15. The minimum atomic E-state index is -1.19. The molecule has 0 bridgehead atoms. The van der Waals surface area contributed by atoms with Crippen molar-refractivity contribution >= 4 is 22.8 Å². The van der Waals surface area contributed by atoms with E-state index in [0.29, 0.717) is 5.69 Å². The maximum Gasteiger partial charge on any atom is 0.329 e. The topological polar surface area (TPSA) is 82.2 Å². The minimum Gasteiger partial charge on any atom is -0.480 e. The summed E-state index contributed by atoms with van der Waals surface area (Å²) < 4.78 is 0. The molecule has 0 aliphatic heterocycles. The van der Waals surface area contributed by atoms with E-state index in [9.17, 15) is 14.7 Å². The Kier molecular flexibility index (Phi) is 2.78. The summed E-state index contributed by atoms with van der Waals surface area (Å²) in [6, 6.07) is 9.29. The number of benzene rings is 1. The van der Waals surface area contributed by atoms with Gasteiger partial charge in [0.15, 0.2) is 0 Å². The van der Waals surface area contributed by atoms with Crippen LogP contribution in [0.3, 0.4) is 0 Å². The minimum absolute atomic E-state index is 0.0216. The number of rotatable bonds is 4. The smallest absolute Gasteiger partial charge is 0.329 e. The van der Waals surface area contributed by atoms with Gasteiger partial charge in [0.2, 0.25) is 0 Å². The molecular weight excluding hydrogens is 256 g/mol. The highest BCUT2D eigenvalue weighted by Crippen LogP contribution is 2.39. The van der Waals surface area contributed by atoms with Gasteiger partial charge in [0, 0.05) is 10.9 Å². The molecule has 20 heavy (non-hydrogen) atoms. The van der Waals surface area contributed by atoms with Gasteiger partial charge in [-0.15, -0.1) is 0 Å². The van der Waals surface area contributed by atoms with Crippen LogP contribution in [0, 0.1) is 5.92 Å². The number of aromatic nitrogens is 1. The number of aromatic amines is 1. The molecule has 0 radical (unpaired) electrons. The molecule has 104 valence electrons. The molecule has 1 saturated carbocycles. The van der Waals surface area contributed by atoms with Crippen LogP contribution in [0.2, 0.25) is 0 Å². The molecule has 0 spiro atoms. The number of aliphatic carboxylic acids is 1. The van der Waals surface area contributed by atoms with Crippen molar-refractivity contribution in [1.82, 2.24) is 10.3 Å². The monoisotopic (exact) mass is 272 g/mol. The molecule has 0 saturated heterocycles. The van der Waals surface area contributed by atoms with Crippen molar-refractivity contribution in [2.45, 2.75) is 25.3 Å². The summed E-state index contributed by atoms with van der Waals surface area (Å²) in [6.07, 6.45) is 1.69. The number of carboxylic acids is 1. The summed E-state index contributed by atoms with van der Waals surface area (Å²) in [6.45, 7) is 1.58. The molecule has 3 N–H and O–H groups in total. The highest BCUT2D eigenvalue weighted by molar-refractivity contribution is 6.00. The fraction of sp³-hybridized carbons (Fsp3) is 0.333. The lowest BCUT2D eigenvalue weighted by Crippen LogP contribution is -2.54. The second-order valence-electron chi connectivity index (χ2n) is 5.51. The molecule has 1 aromatic carbocycles. The van der Waals surface area contributed by atoms with Gasteiger partial charge in [-0.1, -0.05) is 18.2 Å². The number of hydrogen-bond acceptors (Lipinski definition) is 2. The Balaban J connectivity index is 1.86. The Morgan fingerprint density at radius 3 is 2.65 bits per heavy atom. The zero-order valence-electron chi connectivity index (χ0n) is 11.1. The summed E-state index contributed by atoms with van der Waals surface area (Å²) in [7, 11) is 0. The fourth-order valence-electron chi connectivity index (χ4n) is 2.49. The van der Waals surface area contributed by atoms with Gasteiger partial charge in [-0.05, 0) is 37.8 Å². The largest absolute Gasteiger partial charge is 0.480 e. The second kappa shape index (κ2) is 4.37. The number of carboxylic acid groups (broad SMARTS) is 1. The van der Waals surface area contributed by atoms with Crippen molar-refractivity contribution in [3.05, 3.63) is 36.0 Å². The van der Waals surface area contributed by atoms with E-state index in [1.807, 2.05) is 24.3 Å². The highest BCUT2D eigenvalue weighted by atomic mass is 16.4. The van der Waals surface area contributed by atoms with Crippen molar-refractivity contribution in [2.24, 2.45) is 5.92 Å². The molecule has 5 heteroatoms. The second-order valence-corrected chi connectivity index (χ2v) is 5.51. The molecule has 3 rings (SSSR count). The van der Waals surface area contributed by atoms with Crippen LogP contribution in [0.5, 0.6) is 0 Å². The lowest BCUT2D eigenvalue weighted by molar-refractivity contribution is -0.144. The quantitative estimate of drug-likeness (QED) is 0.797. The Morgan fingerprint density at radius 1 is 1.35 bits per heavy atom. The normalized spacial score (nSPS) is 17.6. The van der Waals surface area contributed by atoms with Crippen LogP contribution in [0.15, 0.2) is 30.3 Å². The first kappa shape index (κ1) is 12.7. The first-order valence-corrected chi connectivity index (χ1v) is 6.64. The number of fused-ring (bicyclic) bond motifs is 1. The third kappa shape index (κ3) is 2.05. The van der Waals surface area contributed by atoms with Crippen LogP contribution in [-0.2, 0) is 4.79 Å². The summed E-state index contributed by atoms with van der Waals surface area (Å²) in [5, 5.41) is 12.9. The molecule has 0 unspecified atom stereocenters. The SMILES string of the molecule is C[C@@](NC(=O)c1cc2ccccc2[nH]1)(C(=O)O)C1CC1. The Labute approximate surface area is 116 Å². The van der Waals surface area contributed by atoms with E-state index in [2.05, 4.69) is 10.3 Å². The summed E-state index contributed by atoms with van der Waals surface area (Å²) >= 11 is 0. The first-order valence-electron chi connectivity index (χ1n) is 6.64. The van der Waals surface area contributed by atoms with E-state index in [0.717, 1.165) is 23.7 Å². The van der Waals surface area contributed by atoms with Crippen LogP contribution in [0.4, 0.5) is 0 Å². The molecule has 2 aromatic rings. The number of carbonyl (C=O) groups excluding carboxylic acids is 1. The average molecular weight is 272 g/mol. The zero-order valence-corrected chi connectivity index (χ0v) is 11.1. The number of amides is 1. The fourth-order valence-corrected chi connectivity index (χ4v) is 2.49. The van der Waals surface area contributed by atoms with Gasteiger partial charge in [-0.3, -0.25) is 4.79 Å².